The van der Waals surface area contributed by atoms with Gasteiger partial charge in [-0.05, 0) is 39.0 Å². The molecule has 0 aliphatic heterocycles. The lowest BCUT2D eigenvalue weighted by Gasteiger charge is -2.23. The summed E-state index contributed by atoms with van der Waals surface area (Å²) < 4.78 is 6.34. The zero-order valence-electron chi connectivity index (χ0n) is 10.5. The number of aliphatic hydroxyl groups excluding tert-OH is 1. The second kappa shape index (κ2) is 6.52. The second-order valence-corrected chi connectivity index (χ2v) is 6.50. The van der Waals surface area contributed by atoms with Crippen molar-refractivity contribution >= 4 is 27.3 Å². The van der Waals surface area contributed by atoms with Gasteiger partial charge in [-0.2, -0.15) is 0 Å². The van der Waals surface area contributed by atoms with E-state index in [4.69, 9.17) is 10.5 Å². The average Bonchev–Trinajstić information content (AvgIpc) is 2.86. The van der Waals surface area contributed by atoms with Gasteiger partial charge in [0.15, 0.2) is 0 Å². The standard InChI is InChI=1S/C14H16BrNO2S/c1-18-12-5-3-2-4-10(12)11(7-16)14(17)9-6-13(15)19-8-9/h2-6,8,11,14,17H,7,16H2,1H3. The van der Waals surface area contributed by atoms with E-state index >= 15 is 0 Å². The number of methoxy groups -OCH3 is 1. The summed E-state index contributed by atoms with van der Waals surface area (Å²) in [6, 6.07) is 9.59. The highest BCUT2D eigenvalue weighted by Crippen LogP contribution is 2.37. The van der Waals surface area contributed by atoms with Crippen LogP contribution < -0.4 is 10.5 Å². The van der Waals surface area contributed by atoms with Crippen LogP contribution in [0.1, 0.15) is 23.1 Å². The average molecular weight is 342 g/mol. The summed E-state index contributed by atoms with van der Waals surface area (Å²) in [6.45, 7) is 0.356. The second-order valence-electron chi connectivity index (χ2n) is 4.21. The van der Waals surface area contributed by atoms with Crippen LogP contribution in [0.2, 0.25) is 0 Å². The molecule has 2 rings (SSSR count). The minimum Gasteiger partial charge on any atom is -0.496 e. The van der Waals surface area contributed by atoms with Crippen LogP contribution in [0.3, 0.4) is 0 Å². The minimum atomic E-state index is -0.635. The number of halogens is 1. The van der Waals surface area contributed by atoms with Gasteiger partial charge in [0.25, 0.3) is 0 Å². The van der Waals surface area contributed by atoms with E-state index in [1.165, 1.54) is 0 Å². The fourth-order valence-corrected chi connectivity index (χ4v) is 3.31. The van der Waals surface area contributed by atoms with Crippen molar-refractivity contribution in [2.75, 3.05) is 13.7 Å². The third kappa shape index (κ3) is 3.17. The third-order valence-electron chi connectivity index (χ3n) is 3.10. The van der Waals surface area contributed by atoms with E-state index in [1.54, 1.807) is 18.4 Å². The molecule has 0 amide bonds. The molecule has 0 saturated carbocycles. The number of benzene rings is 1. The lowest BCUT2D eigenvalue weighted by atomic mass is 9.89. The summed E-state index contributed by atoms with van der Waals surface area (Å²) in [5.41, 5.74) is 7.66. The summed E-state index contributed by atoms with van der Waals surface area (Å²) in [5, 5.41) is 12.5. The third-order valence-corrected chi connectivity index (χ3v) is 4.63. The number of thiophene rings is 1. The lowest BCUT2D eigenvalue weighted by molar-refractivity contribution is 0.146. The number of aliphatic hydroxyl groups is 1. The molecule has 2 unspecified atom stereocenters. The summed E-state index contributed by atoms with van der Waals surface area (Å²) in [6.07, 6.45) is -0.635. The first-order chi connectivity index (χ1) is 9.17. The molecule has 3 nitrogen and oxygen atoms in total. The van der Waals surface area contributed by atoms with Gasteiger partial charge in [0.05, 0.1) is 17.0 Å². The van der Waals surface area contributed by atoms with Gasteiger partial charge < -0.3 is 15.6 Å². The van der Waals surface area contributed by atoms with Crippen LogP contribution in [-0.2, 0) is 0 Å². The van der Waals surface area contributed by atoms with E-state index in [9.17, 15) is 5.11 Å². The van der Waals surface area contributed by atoms with Crippen LogP contribution in [0, 0.1) is 0 Å². The van der Waals surface area contributed by atoms with Crippen molar-refractivity contribution in [1.29, 1.82) is 0 Å². The summed E-state index contributed by atoms with van der Waals surface area (Å²) in [4.78, 5) is 0. The van der Waals surface area contributed by atoms with E-state index in [2.05, 4.69) is 15.9 Å². The van der Waals surface area contributed by atoms with Gasteiger partial charge >= 0.3 is 0 Å². The first-order valence-electron chi connectivity index (χ1n) is 5.92. The first kappa shape index (κ1) is 14.5. The summed E-state index contributed by atoms with van der Waals surface area (Å²) in [7, 11) is 1.62. The number of hydrogen-bond acceptors (Lipinski definition) is 4. The molecular weight excluding hydrogens is 326 g/mol. The predicted octanol–water partition coefficient (Wildman–Crippen LogP) is 3.30. The monoisotopic (exact) mass is 341 g/mol. The summed E-state index contributed by atoms with van der Waals surface area (Å²) in [5.74, 6) is 0.573. The first-order valence-corrected chi connectivity index (χ1v) is 7.59. The molecule has 0 fully saturated rings. The number of hydrogen-bond donors (Lipinski definition) is 2. The Bertz CT molecular complexity index is 544. The molecule has 0 aliphatic carbocycles. The van der Waals surface area contributed by atoms with Crippen LogP contribution in [0.15, 0.2) is 39.5 Å². The predicted molar refractivity (Wildman–Crippen MR) is 81.8 cm³/mol. The van der Waals surface area contributed by atoms with Gasteiger partial charge in [0.1, 0.15) is 5.75 Å². The van der Waals surface area contributed by atoms with Crippen molar-refractivity contribution in [3.8, 4) is 5.75 Å². The van der Waals surface area contributed by atoms with Gasteiger partial charge in [-0.15, -0.1) is 11.3 Å². The Morgan fingerprint density at radius 1 is 1.42 bits per heavy atom. The normalized spacial score (nSPS) is 14.1. The zero-order valence-corrected chi connectivity index (χ0v) is 12.9. The Morgan fingerprint density at radius 3 is 2.74 bits per heavy atom. The largest absolute Gasteiger partial charge is 0.496 e. The molecule has 102 valence electrons. The molecule has 3 N–H and O–H groups in total. The fourth-order valence-electron chi connectivity index (χ4n) is 2.11. The molecule has 0 saturated heterocycles. The Balaban J connectivity index is 2.33. The molecule has 0 bridgehead atoms. The quantitative estimate of drug-likeness (QED) is 0.877. The fraction of sp³-hybridized carbons (Fsp3) is 0.286. The van der Waals surface area contributed by atoms with Crippen molar-refractivity contribution in [2.45, 2.75) is 12.0 Å². The molecule has 0 radical (unpaired) electrons. The van der Waals surface area contributed by atoms with Crippen molar-refractivity contribution in [1.82, 2.24) is 0 Å². The van der Waals surface area contributed by atoms with Gasteiger partial charge in [-0.1, -0.05) is 18.2 Å². The van der Waals surface area contributed by atoms with Crippen molar-refractivity contribution in [3.05, 3.63) is 50.6 Å². The minimum absolute atomic E-state index is 0.183. The van der Waals surface area contributed by atoms with Crippen LogP contribution in [-0.4, -0.2) is 18.8 Å². The molecular formula is C14H16BrNO2S. The maximum atomic E-state index is 10.5. The molecule has 19 heavy (non-hydrogen) atoms. The SMILES string of the molecule is COc1ccccc1C(CN)C(O)c1csc(Br)c1. The molecule has 1 aromatic heterocycles. The zero-order chi connectivity index (χ0) is 13.8. The number of para-hydroxylation sites is 1. The smallest absolute Gasteiger partial charge is 0.122 e. The van der Waals surface area contributed by atoms with Gasteiger partial charge in [-0.3, -0.25) is 0 Å². The van der Waals surface area contributed by atoms with Gasteiger partial charge in [0.2, 0.25) is 0 Å². The maximum Gasteiger partial charge on any atom is 0.122 e. The molecule has 2 atom stereocenters. The molecule has 0 spiro atoms. The number of rotatable bonds is 5. The van der Waals surface area contributed by atoms with Gasteiger partial charge in [0, 0.05) is 18.0 Å². The molecule has 1 aromatic carbocycles. The van der Waals surface area contributed by atoms with Crippen LogP contribution in [0.4, 0.5) is 0 Å². The van der Waals surface area contributed by atoms with Crippen molar-refractivity contribution in [3.63, 3.8) is 0 Å². The molecule has 1 heterocycles. The topological polar surface area (TPSA) is 55.5 Å². The Kier molecular flexibility index (Phi) is 4.99. The van der Waals surface area contributed by atoms with Crippen LogP contribution in [0.5, 0.6) is 5.75 Å². The lowest BCUT2D eigenvalue weighted by Crippen LogP contribution is -2.20. The van der Waals surface area contributed by atoms with E-state index in [-0.39, 0.29) is 5.92 Å². The Hall–Kier alpha value is -0.880. The van der Waals surface area contributed by atoms with Crippen LogP contribution >= 0.6 is 27.3 Å². The van der Waals surface area contributed by atoms with E-state index in [0.29, 0.717) is 6.54 Å². The van der Waals surface area contributed by atoms with Crippen LogP contribution in [0.25, 0.3) is 0 Å². The van der Waals surface area contributed by atoms with E-state index < -0.39 is 6.10 Å². The van der Waals surface area contributed by atoms with Crippen molar-refractivity contribution < 1.29 is 9.84 Å². The highest BCUT2D eigenvalue weighted by Gasteiger charge is 2.24. The number of ether oxygens (including phenoxy) is 1. The molecule has 0 aliphatic rings. The van der Waals surface area contributed by atoms with E-state index in [0.717, 1.165) is 20.7 Å². The summed E-state index contributed by atoms with van der Waals surface area (Å²) >= 11 is 4.96. The maximum absolute atomic E-state index is 10.5. The molecule has 5 heteroatoms. The Labute approximate surface area is 125 Å². The van der Waals surface area contributed by atoms with E-state index in [1.807, 2.05) is 35.7 Å². The Morgan fingerprint density at radius 2 is 2.16 bits per heavy atom. The molecule has 2 aromatic rings. The highest BCUT2D eigenvalue weighted by atomic mass is 79.9. The van der Waals surface area contributed by atoms with Crippen molar-refractivity contribution in [2.24, 2.45) is 5.73 Å². The van der Waals surface area contributed by atoms with Gasteiger partial charge in [-0.25, -0.2) is 0 Å². The highest BCUT2D eigenvalue weighted by molar-refractivity contribution is 9.11. The number of nitrogens with two attached hydrogens (primary N) is 1.